The molecule has 6 aliphatic heterocycles. The normalized spacial score (nSPS) is 25.8. The van der Waals surface area contributed by atoms with Crippen LogP contribution >= 0.6 is 22.7 Å². The van der Waals surface area contributed by atoms with Crippen LogP contribution in [0, 0.1) is 25.7 Å². The molecule has 0 aliphatic carbocycles. The molecule has 2 atom stereocenters. The van der Waals surface area contributed by atoms with E-state index in [2.05, 4.69) is 40.2 Å². The van der Waals surface area contributed by atoms with Gasteiger partial charge in [-0.2, -0.15) is 10.2 Å². The number of nitrogens with zero attached hydrogens (tertiary/aromatic N) is 6. The Hall–Kier alpha value is -4.02. The Morgan fingerprint density at radius 1 is 0.673 bits per heavy atom. The minimum Gasteiger partial charge on any atom is -0.412 e. The number of rotatable bonds is 4. The molecule has 0 radical (unpaired) electrons. The van der Waals surface area contributed by atoms with Gasteiger partial charge in [0.15, 0.2) is 0 Å². The highest BCUT2D eigenvalue weighted by molar-refractivity contribution is 7.22. The monoisotopic (exact) mass is 700 g/mol. The van der Waals surface area contributed by atoms with Gasteiger partial charge in [-0.25, -0.2) is 9.97 Å². The molecule has 6 aliphatic rings. The van der Waals surface area contributed by atoms with E-state index >= 15 is 0 Å². The van der Waals surface area contributed by atoms with Gasteiger partial charge < -0.3 is 15.4 Å². The first-order valence-electron chi connectivity index (χ1n) is 16.9. The third-order valence-corrected chi connectivity index (χ3v) is 13.2. The number of piperidine rings is 6. The van der Waals surface area contributed by atoms with Crippen molar-refractivity contribution in [1.82, 2.24) is 50.1 Å². The van der Waals surface area contributed by atoms with Crippen LogP contribution in [-0.2, 0) is 0 Å². The minimum atomic E-state index is -0.0185. The summed E-state index contributed by atoms with van der Waals surface area (Å²) < 4.78 is 1.40. The third-order valence-electron chi connectivity index (χ3n) is 10.9. The number of aromatic amines is 4. The molecule has 0 aromatic carbocycles. The predicted octanol–water partition coefficient (Wildman–Crippen LogP) is 4.86. The molecule has 49 heavy (non-hydrogen) atoms. The number of fused-ring (bicyclic) bond motifs is 8. The van der Waals surface area contributed by atoms with Gasteiger partial charge in [0.1, 0.15) is 21.0 Å². The number of hydrogen-bond donors (Lipinski definition) is 4. The van der Waals surface area contributed by atoms with E-state index in [1.165, 1.54) is 48.4 Å². The number of aromatic nitrogens is 8. The van der Waals surface area contributed by atoms with Crippen molar-refractivity contribution >= 4 is 43.1 Å². The maximum Gasteiger partial charge on any atom is 0.268 e. The lowest BCUT2D eigenvalue weighted by Crippen LogP contribution is -2.44. The first kappa shape index (κ1) is 32.2. The van der Waals surface area contributed by atoms with Gasteiger partial charge in [-0.3, -0.25) is 29.6 Å². The largest absolute Gasteiger partial charge is 0.412 e. The van der Waals surface area contributed by atoms with Crippen molar-refractivity contribution in [2.75, 3.05) is 26.2 Å². The molecule has 0 saturated carbocycles. The van der Waals surface area contributed by atoms with Gasteiger partial charge in [-0.1, -0.05) is 0 Å². The van der Waals surface area contributed by atoms with E-state index in [1.54, 1.807) is 12.4 Å². The van der Waals surface area contributed by atoms with E-state index in [0.29, 0.717) is 9.40 Å². The van der Waals surface area contributed by atoms with Gasteiger partial charge in [-0.05, 0) is 103 Å². The van der Waals surface area contributed by atoms with Crippen molar-refractivity contribution in [3.05, 3.63) is 68.3 Å². The molecule has 6 aromatic heterocycles. The van der Waals surface area contributed by atoms with E-state index in [4.69, 9.17) is 9.97 Å². The van der Waals surface area contributed by atoms with Gasteiger partial charge >= 0.3 is 0 Å². The fraction of sp³-hybridized carbons (Fsp3) is 0.471. The lowest BCUT2D eigenvalue weighted by atomic mass is 9.83. The first-order valence-corrected chi connectivity index (χ1v) is 18.6. The Morgan fingerprint density at radius 3 is 1.41 bits per heavy atom. The minimum absolute atomic E-state index is 0. The summed E-state index contributed by atoms with van der Waals surface area (Å²) in [5.74, 6) is 3.25. The Kier molecular flexibility index (Phi) is 8.35. The smallest absolute Gasteiger partial charge is 0.268 e. The number of H-pyrrole nitrogens is 4. The molecule has 13 nitrogen and oxygen atoms in total. The van der Waals surface area contributed by atoms with E-state index in [1.807, 2.05) is 26.0 Å². The Balaban J connectivity index is 0.000000139. The molecular weight excluding hydrogens is 661 g/mol. The summed E-state index contributed by atoms with van der Waals surface area (Å²) in [6.07, 6.45) is 11.0. The molecule has 6 fully saturated rings. The highest BCUT2D eigenvalue weighted by Gasteiger charge is 2.37. The average molecular weight is 701 g/mol. The summed E-state index contributed by atoms with van der Waals surface area (Å²) in [7, 11) is 0. The second-order valence-corrected chi connectivity index (χ2v) is 15.9. The van der Waals surface area contributed by atoms with Crippen molar-refractivity contribution < 1.29 is 5.48 Å². The highest BCUT2D eigenvalue weighted by Crippen LogP contribution is 2.41. The molecule has 6 aromatic rings. The van der Waals surface area contributed by atoms with E-state index < -0.39 is 0 Å². The second kappa shape index (κ2) is 12.7. The Labute approximate surface area is 289 Å². The third kappa shape index (κ3) is 5.76. The van der Waals surface area contributed by atoms with Crippen LogP contribution in [0.4, 0.5) is 0 Å². The summed E-state index contributed by atoms with van der Waals surface area (Å²) >= 11 is 2.97. The number of aryl methyl sites for hydroxylation is 2. The molecule has 4 bridgehead atoms. The maximum atomic E-state index is 12.6. The van der Waals surface area contributed by atoms with Crippen LogP contribution in [-0.4, -0.2) is 81.8 Å². The summed E-state index contributed by atoms with van der Waals surface area (Å²) in [5, 5.41) is 14.1. The average Bonchev–Trinajstić information content (AvgIpc) is 3.92. The van der Waals surface area contributed by atoms with Crippen molar-refractivity contribution in [1.29, 1.82) is 0 Å². The number of thiophene rings is 2. The van der Waals surface area contributed by atoms with Crippen molar-refractivity contribution in [2.24, 2.45) is 11.8 Å². The summed E-state index contributed by atoms with van der Waals surface area (Å²) in [6.45, 7) is 8.48. The fourth-order valence-corrected chi connectivity index (χ4v) is 10.3. The van der Waals surface area contributed by atoms with Crippen LogP contribution in [0.5, 0.6) is 0 Å². The second-order valence-electron chi connectivity index (χ2n) is 13.8. The van der Waals surface area contributed by atoms with E-state index in [-0.39, 0.29) is 28.7 Å². The molecule has 0 spiro atoms. The summed E-state index contributed by atoms with van der Waals surface area (Å²) in [4.78, 5) is 48.0. The fourth-order valence-electron chi connectivity index (χ4n) is 8.19. The quantitative estimate of drug-likeness (QED) is 0.201. The zero-order chi connectivity index (χ0) is 32.5. The molecule has 12 heterocycles. The van der Waals surface area contributed by atoms with Crippen LogP contribution in [0.3, 0.4) is 0 Å². The number of nitrogens with one attached hydrogen (secondary N) is 4. The maximum absolute atomic E-state index is 12.6. The zero-order valence-corrected chi connectivity index (χ0v) is 29.1. The van der Waals surface area contributed by atoms with Crippen molar-refractivity contribution in [3.8, 4) is 20.9 Å². The molecule has 1 unspecified atom stereocenters. The highest BCUT2D eigenvalue weighted by atomic mass is 32.1. The molecule has 6 saturated heterocycles. The van der Waals surface area contributed by atoms with Crippen molar-refractivity contribution in [3.63, 3.8) is 0 Å². The summed E-state index contributed by atoms with van der Waals surface area (Å²) in [6, 6.07) is 4.59. The molecule has 6 N–H and O–H groups in total. The Bertz CT molecular complexity index is 2090. The van der Waals surface area contributed by atoms with Crippen LogP contribution < -0.4 is 11.1 Å². The molecular formula is C34H40N10O3S2. The van der Waals surface area contributed by atoms with Crippen LogP contribution in [0.2, 0.25) is 0 Å². The molecule has 256 valence electrons. The standard InChI is InChI=1S/2C17H19N5OS.H2O/c2*1-9-11(8-18-21-9)14-7-12-15(24-14)17(23)20-16(19-12)13-6-10-2-4-22(13)5-3-10;/h2*7-8,10,13H,2-6H2,1H3,(H,18,21)(H,19,20,23);1H2/t13-;;/m0../s1. The van der Waals surface area contributed by atoms with E-state index in [0.717, 1.165) is 106 Å². The van der Waals surface area contributed by atoms with Crippen LogP contribution in [0.15, 0.2) is 34.1 Å². The van der Waals surface area contributed by atoms with Crippen LogP contribution in [0.25, 0.3) is 41.3 Å². The van der Waals surface area contributed by atoms with E-state index in [9.17, 15) is 9.59 Å². The van der Waals surface area contributed by atoms with Gasteiger partial charge in [0, 0.05) is 32.3 Å². The molecule has 0 amide bonds. The van der Waals surface area contributed by atoms with Crippen LogP contribution in [0.1, 0.15) is 73.6 Å². The lowest BCUT2D eigenvalue weighted by molar-refractivity contribution is 0.0445. The SMILES string of the molecule is Cc1[nH]ncc1-c1cc2nc(C3CC4CCN3CC4)[nH]c(=O)c2s1.Cc1[nH]ncc1-c1cc2nc([C@@H]3CC4CCN3CC4)[nH]c(=O)c2s1.O. The number of hydrogen-bond acceptors (Lipinski definition) is 10. The predicted molar refractivity (Wildman–Crippen MR) is 192 cm³/mol. The van der Waals surface area contributed by atoms with Gasteiger partial charge in [0.25, 0.3) is 11.1 Å². The van der Waals surface area contributed by atoms with Gasteiger partial charge in [0.2, 0.25) is 0 Å². The Morgan fingerprint density at radius 2 is 1.08 bits per heavy atom. The van der Waals surface area contributed by atoms with Gasteiger partial charge in [0.05, 0.1) is 35.5 Å². The molecule has 12 rings (SSSR count). The first-order chi connectivity index (χ1) is 23.4. The van der Waals surface area contributed by atoms with Gasteiger partial charge in [-0.15, -0.1) is 22.7 Å². The molecule has 15 heteroatoms. The zero-order valence-electron chi connectivity index (χ0n) is 27.5. The summed E-state index contributed by atoms with van der Waals surface area (Å²) in [5.41, 5.74) is 5.67. The van der Waals surface area contributed by atoms with Crippen molar-refractivity contribution in [2.45, 2.75) is 64.5 Å². The lowest BCUT2D eigenvalue weighted by Gasteiger charge is -2.44. The topological polar surface area (TPSA) is 187 Å².